The summed E-state index contributed by atoms with van der Waals surface area (Å²) < 4.78 is 2.02. The topological polar surface area (TPSA) is 46.4 Å². The van der Waals surface area contributed by atoms with Gasteiger partial charge in [0.2, 0.25) is 5.91 Å². The summed E-state index contributed by atoms with van der Waals surface area (Å²) in [5.41, 5.74) is 4.21. The highest BCUT2D eigenvalue weighted by Crippen LogP contribution is 2.19. The highest BCUT2D eigenvalue weighted by atomic mass is 16.1. The number of pyridine rings is 1. The molecular formula is C20H23N3O. The van der Waals surface area contributed by atoms with Gasteiger partial charge in [0.25, 0.3) is 0 Å². The summed E-state index contributed by atoms with van der Waals surface area (Å²) in [6.45, 7) is 4.70. The molecule has 24 heavy (non-hydrogen) atoms. The molecule has 1 atom stereocenters. The van der Waals surface area contributed by atoms with Crippen LogP contribution in [0.15, 0.2) is 54.9 Å². The molecule has 0 saturated heterocycles. The Bertz CT molecular complexity index is 823. The van der Waals surface area contributed by atoms with E-state index in [1.807, 2.05) is 54.0 Å². The minimum absolute atomic E-state index is 0.0864. The maximum atomic E-state index is 12.4. The number of imidazole rings is 1. The second kappa shape index (κ2) is 7.30. The van der Waals surface area contributed by atoms with E-state index in [2.05, 4.69) is 29.4 Å². The predicted molar refractivity (Wildman–Crippen MR) is 96.1 cm³/mol. The number of hydrogen-bond acceptors (Lipinski definition) is 2. The zero-order valence-electron chi connectivity index (χ0n) is 14.2. The average Bonchev–Trinajstić information content (AvgIpc) is 2.98. The van der Waals surface area contributed by atoms with Gasteiger partial charge in [-0.1, -0.05) is 37.3 Å². The van der Waals surface area contributed by atoms with Crippen LogP contribution in [0.2, 0.25) is 0 Å². The van der Waals surface area contributed by atoms with Crippen molar-refractivity contribution in [2.75, 3.05) is 6.54 Å². The van der Waals surface area contributed by atoms with Gasteiger partial charge in [-0.15, -0.1) is 0 Å². The van der Waals surface area contributed by atoms with Crippen LogP contribution in [-0.2, 0) is 11.2 Å². The molecule has 0 bridgehead atoms. The van der Waals surface area contributed by atoms with E-state index in [1.165, 1.54) is 5.56 Å². The monoisotopic (exact) mass is 321 g/mol. The fourth-order valence-electron chi connectivity index (χ4n) is 2.95. The van der Waals surface area contributed by atoms with Gasteiger partial charge >= 0.3 is 0 Å². The van der Waals surface area contributed by atoms with Crippen LogP contribution >= 0.6 is 0 Å². The third-order valence-corrected chi connectivity index (χ3v) is 4.27. The van der Waals surface area contributed by atoms with Crippen LogP contribution in [0.3, 0.4) is 0 Å². The van der Waals surface area contributed by atoms with Crippen molar-refractivity contribution in [2.45, 2.75) is 32.6 Å². The van der Waals surface area contributed by atoms with Crippen LogP contribution in [0.25, 0.3) is 5.65 Å². The van der Waals surface area contributed by atoms with Gasteiger partial charge in [-0.2, -0.15) is 0 Å². The molecule has 0 unspecified atom stereocenters. The van der Waals surface area contributed by atoms with Gasteiger partial charge in [-0.3, -0.25) is 4.79 Å². The van der Waals surface area contributed by atoms with Crippen LogP contribution < -0.4 is 5.32 Å². The molecule has 0 radical (unpaired) electrons. The van der Waals surface area contributed by atoms with Crippen molar-refractivity contribution in [3.05, 3.63) is 71.7 Å². The minimum Gasteiger partial charge on any atom is -0.355 e. The fourth-order valence-corrected chi connectivity index (χ4v) is 2.95. The lowest BCUT2D eigenvalue weighted by molar-refractivity contribution is -0.122. The molecule has 3 aromatic rings. The summed E-state index contributed by atoms with van der Waals surface area (Å²) >= 11 is 0. The van der Waals surface area contributed by atoms with E-state index in [-0.39, 0.29) is 11.8 Å². The normalized spacial score (nSPS) is 12.2. The zero-order chi connectivity index (χ0) is 16.9. The van der Waals surface area contributed by atoms with Crippen molar-refractivity contribution in [3.8, 4) is 0 Å². The third-order valence-electron chi connectivity index (χ3n) is 4.27. The summed E-state index contributed by atoms with van der Waals surface area (Å²) in [5.74, 6) is -0.00164. The maximum absolute atomic E-state index is 12.4. The SMILES string of the molecule is CC[C@H](C(=O)NCCc1cn2ccc(C)cc2n1)c1ccccc1. The first kappa shape index (κ1) is 16.2. The van der Waals surface area contributed by atoms with Gasteiger partial charge in [-0.05, 0) is 36.6 Å². The van der Waals surface area contributed by atoms with E-state index >= 15 is 0 Å². The van der Waals surface area contributed by atoms with E-state index < -0.39 is 0 Å². The quantitative estimate of drug-likeness (QED) is 0.755. The third kappa shape index (κ3) is 3.65. The molecule has 0 aliphatic heterocycles. The lowest BCUT2D eigenvalue weighted by Gasteiger charge is -2.15. The van der Waals surface area contributed by atoms with Gasteiger partial charge in [0.05, 0.1) is 11.6 Å². The molecule has 1 N–H and O–H groups in total. The maximum Gasteiger partial charge on any atom is 0.227 e. The number of fused-ring (bicyclic) bond motifs is 1. The predicted octanol–water partition coefficient (Wildman–Crippen LogP) is 3.50. The van der Waals surface area contributed by atoms with Gasteiger partial charge in [-0.25, -0.2) is 4.98 Å². The Balaban J connectivity index is 1.59. The number of aromatic nitrogens is 2. The van der Waals surface area contributed by atoms with E-state index in [9.17, 15) is 4.79 Å². The molecular weight excluding hydrogens is 298 g/mol. The van der Waals surface area contributed by atoms with E-state index in [4.69, 9.17) is 0 Å². The van der Waals surface area contributed by atoms with E-state index in [1.54, 1.807) is 0 Å². The molecule has 4 heteroatoms. The standard InChI is InChI=1S/C20H23N3O/c1-3-18(16-7-5-4-6-8-16)20(24)21-11-9-17-14-23-12-10-15(2)13-19(23)22-17/h4-8,10,12-14,18H,3,9,11H2,1-2H3,(H,21,24)/t18-/m0/s1. The number of carbonyl (C=O) groups excluding carboxylic acids is 1. The Morgan fingerprint density at radius 2 is 2.04 bits per heavy atom. The highest BCUT2D eigenvalue weighted by molar-refractivity contribution is 5.83. The average molecular weight is 321 g/mol. The second-order valence-electron chi connectivity index (χ2n) is 6.11. The molecule has 1 aromatic carbocycles. The molecule has 2 aromatic heterocycles. The van der Waals surface area contributed by atoms with Crippen molar-refractivity contribution in [3.63, 3.8) is 0 Å². The Hall–Kier alpha value is -2.62. The van der Waals surface area contributed by atoms with Gasteiger partial charge in [0, 0.05) is 25.4 Å². The van der Waals surface area contributed by atoms with Crippen molar-refractivity contribution in [1.82, 2.24) is 14.7 Å². The zero-order valence-corrected chi connectivity index (χ0v) is 14.2. The molecule has 0 fully saturated rings. The second-order valence-corrected chi connectivity index (χ2v) is 6.11. The number of amides is 1. The molecule has 1 amide bonds. The van der Waals surface area contributed by atoms with Crippen molar-refractivity contribution >= 4 is 11.6 Å². The summed E-state index contributed by atoms with van der Waals surface area (Å²) in [7, 11) is 0. The smallest absolute Gasteiger partial charge is 0.227 e. The number of carbonyl (C=O) groups is 1. The summed E-state index contributed by atoms with van der Waals surface area (Å²) in [6, 6.07) is 14.1. The number of nitrogens with zero attached hydrogens (tertiary/aromatic N) is 2. The van der Waals surface area contributed by atoms with E-state index in [0.717, 1.165) is 29.7 Å². The van der Waals surface area contributed by atoms with Crippen LogP contribution in [-0.4, -0.2) is 21.8 Å². The van der Waals surface area contributed by atoms with Crippen molar-refractivity contribution in [2.24, 2.45) is 0 Å². The number of nitrogens with one attached hydrogen (secondary N) is 1. The van der Waals surface area contributed by atoms with Gasteiger partial charge in [0.15, 0.2) is 0 Å². The Morgan fingerprint density at radius 1 is 1.25 bits per heavy atom. The summed E-state index contributed by atoms with van der Waals surface area (Å²) in [6.07, 6.45) is 5.57. The molecule has 124 valence electrons. The Labute approximate surface area is 142 Å². The molecule has 4 nitrogen and oxygen atoms in total. The fraction of sp³-hybridized carbons (Fsp3) is 0.300. The van der Waals surface area contributed by atoms with Crippen LogP contribution in [0, 0.1) is 6.92 Å². The largest absolute Gasteiger partial charge is 0.355 e. The first-order valence-corrected chi connectivity index (χ1v) is 8.44. The lowest BCUT2D eigenvalue weighted by Crippen LogP contribution is -2.30. The van der Waals surface area contributed by atoms with Gasteiger partial charge < -0.3 is 9.72 Å². The first-order chi connectivity index (χ1) is 11.7. The van der Waals surface area contributed by atoms with Crippen LogP contribution in [0.4, 0.5) is 0 Å². The summed E-state index contributed by atoms with van der Waals surface area (Å²) in [5, 5.41) is 3.05. The molecule has 0 spiro atoms. The van der Waals surface area contributed by atoms with Crippen molar-refractivity contribution < 1.29 is 4.79 Å². The number of aryl methyl sites for hydroxylation is 1. The summed E-state index contributed by atoms with van der Waals surface area (Å²) in [4.78, 5) is 17.1. The molecule has 0 aliphatic carbocycles. The van der Waals surface area contributed by atoms with Crippen LogP contribution in [0.1, 0.15) is 36.1 Å². The lowest BCUT2D eigenvalue weighted by atomic mass is 9.96. The Kier molecular flexibility index (Phi) is 4.94. The molecule has 0 aliphatic rings. The number of hydrogen-bond donors (Lipinski definition) is 1. The highest BCUT2D eigenvalue weighted by Gasteiger charge is 2.17. The van der Waals surface area contributed by atoms with Crippen molar-refractivity contribution in [1.29, 1.82) is 0 Å². The Morgan fingerprint density at radius 3 is 2.79 bits per heavy atom. The number of benzene rings is 1. The molecule has 0 saturated carbocycles. The number of rotatable bonds is 6. The molecule has 2 heterocycles. The van der Waals surface area contributed by atoms with E-state index in [0.29, 0.717) is 6.54 Å². The minimum atomic E-state index is -0.0880. The first-order valence-electron chi connectivity index (χ1n) is 8.44. The van der Waals surface area contributed by atoms with Gasteiger partial charge in [0.1, 0.15) is 5.65 Å². The molecule has 3 rings (SSSR count). The van der Waals surface area contributed by atoms with Crippen LogP contribution in [0.5, 0.6) is 0 Å².